The second-order valence-electron chi connectivity index (χ2n) is 6.88. The van der Waals surface area contributed by atoms with E-state index in [2.05, 4.69) is 25.5 Å². The molecule has 0 aliphatic rings. The number of hydrogen-bond acceptors (Lipinski definition) is 7. The average molecular weight is 466 g/mol. The van der Waals surface area contributed by atoms with Crippen LogP contribution in [-0.4, -0.2) is 48.8 Å². The number of alkyl halides is 3. The molecule has 2 N–H and O–H groups in total. The summed E-state index contributed by atoms with van der Waals surface area (Å²) in [7, 11) is 0. The highest BCUT2D eigenvalue weighted by Gasteiger charge is 2.38. The Hall–Kier alpha value is -3.87. The third-order valence-corrected chi connectivity index (χ3v) is 4.57. The van der Waals surface area contributed by atoms with Crippen molar-refractivity contribution in [3.8, 4) is 22.9 Å². The first-order chi connectivity index (χ1) is 15.7. The van der Waals surface area contributed by atoms with Crippen molar-refractivity contribution in [3.63, 3.8) is 0 Å². The van der Waals surface area contributed by atoms with Gasteiger partial charge in [-0.15, -0.1) is 0 Å². The summed E-state index contributed by atoms with van der Waals surface area (Å²) in [5.74, 6) is -2.13. The second kappa shape index (κ2) is 8.94. The molecule has 0 spiro atoms. The van der Waals surface area contributed by atoms with Crippen LogP contribution < -0.4 is 5.32 Å². The van der Waals surface area contributed by atoms with Crippen molar-refractivity contribution in [1.29, 1.82) is 0 Å². The summed E-state index contributed by atoms with van der Waals surface area (Å²) in [6, 6.07) is 9.13. The average Bonchev–Trinajstić information content (AvgIpc) is 3.44. The van der Waals surface area contributed by atoms with Crippen molar-refractivity contribution >= 4 is 5.82 Å². The number of nitrogens with one attached hydrogen (secondary N) is 1. The summed E-state index contributed by atoms with van der Waals surface area (Å²) in [6.45, 7) is -0.998. The number of aliphatic hydroxyl groups excluding tert-OH is 1. The van der Waals surface area contributed by atoms with E-state index in [1.165, 1.54) is 23.1 Å². The van der Waals surface area contributed by atoms with E-state index in [1.54, 1.807) is 24.3 Å². The molecule has 0 aliphatic heterocycles. The lowest BCUT2D eigenvalue weighted by Crippen LogP contribution is -2.35. The van der Waals surface area contributed by atoms with Gasteiger partial charge in [0.15, 0.2) is 23.6 Å². The van der Waals surface area contributed by atoms with Crippen molar-refractivity contribution in [2.24, 2.45) is 0 Å². The van der Waals surface area contributed by atoms with E-state index in [-0.39, 0.29) is 18.1 Å². The Morgan fingerprint density at radius 2 is 1.88 bits per heavy atom. The zero-order valence-corrected chi connectivity index (χ0v) is 16.6. The molecule has 0 saturated carbocycles. The molecule has 4 aromatic rings. The van der Waals surface area contributed by atoms with Gasteiger partial charge >= 0.3 is 6.18 Å². The Kier molecular flexibility index (Phi) is 6.05. The molecule has 0 saturated heterocycles. The number of anilines is 1. The Labute approximate surface area is 182 Å². The molecule has 172 valence electrons. The van der Waals surface area contributed by atoms with E-state index in [9.17, 15) is 22.0 Å². The van der Waals surface area contributed by atoms with Crippen molar-refractivity contribution in [1.82, 2.24) is 24.9 Å². The fourth-order valence-corrected chi connectivity index (χ4v) is 2.91. The minimum Gasteiger partial charge on any atom is -0.382 e. The lowest BCUT2D eigenvalue weighted by atomic mass is 10.2. The van der Waals surface area contributed by atoms with Crippen LogP contribution in [0.1, 0.15) is 5.56 Å². The third-order valence-electron chi connectivity index (χ3n) is 4.57. The summed E-state index contributed by atoms with van der Waals surface area (Å²) >= 11 is 0. The molecule has 0 fully saturated rings. The quantitative estimate of drug-likeness (QED) is 0.401. The smallest absolute Gasteiger partial charge is 0.382 e. The predicted molar refractivity (Wildman–Crippen MR) is 105 cm³/mol. The molecule has 1 atom stereocenters. The number of aromatic nitrogens is 5. The summed E-state index contributed by atoms with van der Waals surface area (Å²) in [6.07, 6.45) is -5.50. The molecule has 0 bridgehead atoms. The number of rotatable bonds is 7. The molecule has 13 heteroatoms. The minimum absolute atomic E-state index is 0.0128. The predicted octanol–water partition coefficient (Wildman–Crippen LogP) is 3.66. The van der Waals surface area contributed by atoms with Crippen LogP contribution in [0.2, 0.25) is 0 Å². The van der Waals surface area contributed by atoms with Crippen LogP contribution in [0, 0.1) is 11.6 Å². The van der Waals surface area contributed by atoms with Gasteiger partial charge in [-0.05, 0) is 12.1 Å². The Morgan fingerprint density at radius 3 is 2.58 bits per heavy atom. The van der Waals surface area contributed by atoms with Crippen molar-refractivity contribution in [3.05, 3.63) is 66.1 Å². The van der Waals surface area contributed by atoms with E-state index in [1.807, 2.05) is 0 Å². The van der Waals surface area contributed by atoms with E-state index >= 15 is 0 Å². The Morgan fingerprint density at radius 1 is 1.09 bits per heavy atom. The zero-order chi connectivity index (χ0) is 23.6. The highest BCUT2D eigenvalue weighted by atomic mass is 19.4. The SMILES string of the molecule is OC(CNc1nc(-c2cc(-c3ccon3)n(Cc3ccccc3F)n2)ncc1F)C(F)(F)F. The van der Waals surface area contributed by atoms with Crippen LogP contribution in [0.15, 0.2) is 53.4 Å². The lowest BCUT2D eigenvalue weighted by molar-refractivity contribution is -0.198. The molecule has 0 aliphatic carbocycles. The van der Waals surface area contributed by atoms with Gasteiger partial charge in [0.25, 0.3) is 0 Å². The van der Waals surface area contributed by atoms with Gasteiger partial charge in [-0.2, -0.15) is 18.3 Å². The summed E-state index contributed by atoms with van der Waals surface area (Å²) in [4.78, 5) is 7.73. The first-order valence-electron chi connectivity index (χ1n) is 9.46. The first kappa shape index (κ1) is 22.3. The molecule has 3 aromatic heterocycles. The Balaban J connectivity index is 1.67. The normalized spacial score (nSPS) is 12.7. The summed E-state index contributed by atoms with van der Waals surface area (Å²) in [5.41, 5.74) is 1.25. The van der Waals surface area contributed by atoms with Gasteiger partial charge in [-0.25, -0.2) is 18.7 Å². The maximum Gasteiger partial charge on any atom is 0.416 e. The minimum atomic E-state index is -4.88. The van der Waals surface area contributed by atoms with Crippen LogP contribution in [0.25, 0.3) is 22.9 Å². The number of nitrogens with zero attached hydrogens (tertiary/aromatic N) is 5. The van der Waals surface area contributed by atoms with Gasteiger partial charge in [0, 0.05) is 11.6 Å². The van der Waals surface area contributed by atoms with E-state index in [0.717, 1.165) is 6.20 Å². The summed E-state index contributed by atoms with van der Waals surface area (Å²) in [5, 5.41) is 19.4. The van der Waals surface area contributed by atoms with Crippen molar-refractivity contribution < 1.29 is 31.6 Å². The highest BCUT2D eigenvalue weighted by Crippen LogP contribution is 2.26. The van der Waals surface area contributed by atoms with E-state index < -0.39 is 36.3 Å². The molecule has 8 nitrogen and oxygen atoms in total. The monoisotopic (exact) mass is 466 g/mol. The van der Waals surface area contributed by atoms with Crippen molar-refractivity contribution in [2.75, 3.05) is 11.9 Å². The van der Waals surface area contributed by atoms with Gasteiger partial charge in [0.1, 0.15) is 23.5 Å². The standard InChI is InChI=1S/C20H15F5N6O2/c21-12-4-2-1-3-11(12)10-31-16(14-5-6-33-30-14)7-15(29-31)19-26-8-13(22)18(28-19)27-9-17(32)20(23,24)25/h1-8,17,32H,9-10H2,(H,26,27,28). The van der Waals surface area contributed by atoms with Crippen LogP contribution in [0.3, 0.4) is 0 Å². The number of hydrogen-bond donors (Lipinski definition) is 2. The molecule has 1 unspecified atom stereocenters. The van der Waals surface area contributed by atoms with E-state index in [4.69, 9.17) is 9.63 Å². The molecule has 0 radical (unpaired) electrons. The topological polar surface area (TPSA) is 102 Å². The van der Waals surface area contributed by atoms with Gasteiger partial charge in [0.05, 0.1) is 25.0 Å². The van der Waals surface area contributed by atoms with Crippen molar-refractivity contribution in [2.45, 2.75) is 18.8 Å². The lowest BCUT2D eigenvalue weighted by Gasteiger charge is -2.15. The molecule has 3 heterocycles. The molecule has 33 heavy (non-hydrogen) atoms. The van der Waals surface area contributed by atoms with Gasteiger partial charge in [0.2, 0.25) is 0 Å². The van der Waals surface area contributed by atoms with Gasteiger partial charge in [-0.3, -0.25) is 4.68 Å². The molecule has 4 rings (SSSR count). The number of halogens is 5. The van der Waals surface area contributed by atoms with Crippen LogP contribution >= 0.6 is 0 Å². The summed E-state index contributed by atoms with van der Waals surface area (Å²) < 4.78 is 72.0. The van der Waals surface area contributed by atoms with Crippen LogP contribution in [0.5, 0.6) is 0 Å². The molecular formula is C20H15F5N6O2. The second-order valence-corrected chi connectivity index (χ2v) is 6.88. The van der Waals surface area contributed by atoms with E-state index in [0.29, 0.717) is 17.0 Å². The fourth-order valence-electron chi connectivity index (χ4n) is 2.91. The molecular weight excluding hydrogens is 451 g/mol. The molecule has 0 amide bonds. The maximum absolute atomic E-state index is 14.2. The molecule has 1 aromatic carbocycles. The van der Waals surface area contributed by atoms with Gasteiger partial charge in [-0.1, -0.05) is 23.4 Å². The first-order valence-corrected chi connectivity index (χ1v) is 9.46. The van der Waals surface area contributed by atoms with Crippen LogP contribution in [-0.2, 0) is 6.54 Å². The maximum atomic E-state index is 14.2. The Bertz CT molecular complexity index is 1240. The number of aliphatic hydroxyl groups is 1. The number of benzene rings is 1. The van der Waals surface area contributed by atoms with Crippen LogP contribution in [0.4, 0.5) is 27.8 Å². The highest BCUT2D eigenvalue weighted by molar-refractivity contribution is 5.63. The third kappa shape index (κ3) is 4.98. The fraction of sp³-hybridized carbons (Fsp3) is 0.200. The van der Waals surface area contributed by atoms with Gasteiger partial charge < -0.3 is 14.9 Å². The largest absolute Gasteiger partial charge is 0.416 e. The zero-order valence-electron chi connectivity index (χ0n) is 16.6.